The first-order valence-electron chi connectivity index (χ1n) is 8.53. The number of hydrogen-bond acceptors (Lipinski definition) is 5. The van der Waals surface area contributed by atoms with E-state index >= 15 is 0 Å². The zero-order valence-corrected chi connectivity index (χ0v) is 16.0. The van der Waals surface area contributed by atoms with Crippen molar-refractivity contribution in [1.82, 2.24) is 10.6 Å². The van der Waals surface area contributed by atoms with E-state index in [1.165, 1.54) is 30.3 Å². The molecular weight excluding hydrogens is 388 g/mol. The van der Waals surface area contributed by atoms with Gasteiger partial charge in [0.1, 0.15) is 0 Å². The lowest BCUT2D eigenvalue weighted by Crippen LogP contribution is -2.37. The Bertz CT molecular complexity index is 1010. The van der Waals surface area contributed by atoms with Gasteiger partial charge in [-0.05, 0) is 49.7 Å². The first kappa shape index (κ1) is 19.5. The number of carbonyl (C=O) groups excluding carboxylic acids is 2. The minimum Gasteiger partial charge on any atom is -0.350 e. The molecule has 8 heteroatoms. The summed E-state index contributed by atoms with van der Waals surface area (Å²) in [6, 6.07) is 10.6. The van der Waals surface area contributed by atoms with Crippen LogP contribution in [0, 0.1) is 0 Å². The maximum atomic E-state index is 12.9. The van der Waals surface area contributed by atoms with Gasteiger partial charge >= 0.3 is 0 Å². The molecule has 2 aromatic rings. The number of amides is 1. The molecule has 1 amide bonds. The first-order chi connectivity index (χ1) is 12.5. The average Bonchev–Trinajstić information content (AvgIpc) is 3.18. The predicted molar refractivity (Wildman–Crippen MR) is 102 cm³/mol. The molecule has 6 nitrogen and oxygen atoms in total. The zero-order chi connectivity index (χ0) is 18.3. The zero-order valence-electron chi connectivity index (χ0n) is 14.4. The van der Waals surface area contributed by atoms with Crippen molar-refractivity contribution in [3.05, 3.63) is 59.2 Å². The molecule has 27 heavy (non-hydrogen) atoms. The van der Waals surface area contributed by atoms with Gasteiger partial charge < -0.3 is 10.6 Å². The van der Waals surface area contributed by atoms with Gasteiger partial charge in [0.2, 0.25) is 9.84 Å². The smallest absolute Gasteiger partial charge is 0.251 e. The van der Waals surface area contributed by atoms with Crippen LogP contribution in [0.3, 0.4) is 0 Å². The fourth-order valence-corrected chi connectivity index (χ4v) is 5.15. The van der Waals surface area contributed by atoms with E-state index in [4.69, 9.17) is 0 Å². The van der Waals surface area contributed by atoms with Crippen molar-refractivity contribution in [2.75, 3.05) is 13.1 Å². The number of fused-ring (bicyclic) bond motifs is 2. The van der Waals surface area contributed by atoms with Gasteiger partial charge in [-0.15, -0.1) is 12.4 Å². The summed E-state index contributed by atoms with van der Waals surface area (Å²) in [5.41, 5.74) is 0.514. The number of halogens is 1. The maximum Gasteiger partial charge on any atom is 0.251 e. The summed E-state index contributed by atoms with van der Waals surface area (Å²) in [7, 11) is -3.83. The Morgan fingerprint density at radius 2 is 1.85 bits per heavy atom. The van der Waals surface area contributed by atoms with Crippen LogP contribution in [0.2, 0.25) is 0 Å². The molecule has 0 radical (unpaired) electrons. The van der Waals surface area contributed by atoms with Crippen molar-refractivity contribution < 1.29 is 18.0 Å². The lowest BCUT2D eigenvalue weighted by Gasteiger charge is -2.19. The molecule has 142 valence electrons. The number of ketones is 1. The van der Waals surface area contributed by atoms with Crippen molar-refractivity contribution in [3.8, 4) is 0 Å². The van der Waals surface area contributed by atoms with Crippen LogP contribution >= 0.6 is 12.4 Å². The van der Waals surface area contributed by atoms with Crippen LogP contribution in [0.4, 0.5) is 0 Å². The van der Waals surface area contributed by atoms with Crippen LogP contribution in [-0.2, 0) is 9.84 Å². The van der Waals surface area contributed by atoms with E-state index in [2.05, 4.69) is 10.6 Å². The molecule has 2 aliphatic rings. The third-order valence-electron chi connectivity index (χ3n) is 4.87. The number of carbonyl (C=O) groups is 2. The lowest BCUT2D eigenvalue weighted by atomic mass is 10.0. The molecule has 0 bridgehead atoms. The fraction of sp³-hybridized carbons (Fsp3) is 0.263. The van der Waals surface area contributed by atoms with Crippen LogP contribution in [0.15, 0.2) is 52.3 Å². The molecule has 4 rings (SSSR count). The molecule has 1 saturated heterocycles. The molecule has 2 aromatic carbocycles. The SMILES string of the molecule is Cl.O=C(NCC1CCCN1)c1ccc2c(c1)S(=O)(=O)c1ccccc1C2=O. The molecule has 0 saturated carbocycles. The van der Waals surface area contributed by atoms with Crippen LogP contribution < -0.4 is 10.6 Å². The maximum absolute atomic E-state index is 12.9. The second-order valence-electron chi connectivity index (χ2n) is 6.54. The van der Waals surface area contributed by atoms with E-state index < -0.39 is 9.84 Å². The average molecular weight is 407 g/mol. The summed E-state index contributed by atoms with van der Waals surface area (Å²) >= 11 is 0. The van der Waals surface area contributed by atoms with E-state index in [0.717, 1.165) is 19.4 Å². The third kappa shape index (κ3) is 3.38. The monoisotopic (exact) mass is 406 g/mol. The van der Waals surface area contributed by atoms with Gasteiger partial charge in [0.15, 0.2) is 5.78 Å². The molecule has 0 spiro atoms. The highest BCUT2D eigenvalue weighted by atomic mass is 35.5. The minimum absolute atomic E-state index is 0. The standard InChI is InChI=1S/C19H18N2O4S.ClH/c22-18-14-5-1-2-6-16(14)26(24,25)17-10-12(7-8-15(17)18)19(23)21-11-13-4-3-9-20-13;/h1-2,5-8,10,13,20H,3-4,9,11H2,(H,21,23);1H. The Labute approximate surface area is 163 Å². The number of rotatable bonds is 3. The fourth-order valence-electron chi connectivity index (χ4n) is 3.47. The van der Waals surface area contributed by atoms with Gasteiger partial charge in [-0.25, -0.2) is 8.42 Å². The molecule has 2 heterocycles. The lowest BCUT2D eigenvalue weighted by molar-refractivity contribution is 0.0948. The Morgan fingerprint density at radius 3 is 2.59 bits per heavy atom. The molecule has 1 unspecified atom stereocenters. The van der Waals surface area contributed by atoms with Crippen molar-refractivity contribution in [1.29, 1.82) is 0 Å². The number of hydrogen-bond donors (Lipinski definition) is 2. The molecule has 2 aliphatic heterocycles. The summed E-state index contributed by atoms with van der Waals surface area (Å²) in [6.07, 6.45) is 2.09. The third-order valence-corrected chi connectivity index (χ3v) is 6.72. The van der Waals surface area contributed by atoms with Crippen molar-refractivity contribution in [3.63, 3.8) is 0 Å². The van der Waals surface area contributed by atoms with Gasteiger partial charge in [-0.2, -0.15) is 0 Å². The van der Waals surface area contributed by atoms with E-state index in [-0.39, 0.29) is 56.6 Å². The van der Waals surface area contributed by atoms with Crippen molar-refractivity contribution >= 4 is 33.9 Å². The van der Waals surface area contributed by atoms with Crippen LogP contribution in [0.1, 0.15) is 39.1 Å². The highest BCUT2D eigenvalue weighted by Gasteiger charge is 2.35. The number of sulfone groups is 1. The minimum atomic E-state index is -3.83. The quantitative estimate of drug-likeness (QED) is 0.693. The van der Waals surface area contributed by atoms with E-state index in [9.17, 15) is 18.0 Å². The van der Waals surface area contributed by atoms with Gasteiger partial charge in [-0.3, -0.25) is 9.59 Å². The van der Waals surface area contributed by atoms with Gasteiger partial charge in [0.25, 0.3) is 5.91 Å². The largest absolute Gasteiger partial charge is 0.350 e. The Kier molecular flexibility index (Phi) is 5.37. The second-order valence-corrected chi connectivity index (χ2v) is 8.43. The van der Waals surface area contributed by atoms with Gasteiger partial charge in [0.05, 0.1) is 9.79 Å². The summed E-state index contributed by atoms with van der Waals surface area (Å²) in [6.45, 7) is 1.43. The summed E-state index contributed by atoms with van der Waals surface area (Å²) in [5, 5.41) is 6.11. The molecule has 0 aliphatic carbocycles. The Morgan fingerprint density at radius 1 is 1.11 bits per heavy atom. The van der Waals surface area contributed by atoms with Crippen LogP contribution in [0.25, 0.3) is 0 Å². The normalized spacial score (nSPS) is 19.6. The summed E-state index contributed by atoms with van der Waals surface area (Å²) in [4.78, 5) is 24.9. The topological polar surface area (TPSA) is 92.3 Å². The predicted octanol–water partition coefficient (Wildman–Crippen LogP) is 1.97. The van der Waals surface area contributed by atoms with Gasteiger partial charge in [0, 0.05) is 29.3 Å². The molecular formula is C19H19ClN2O4S. The summed E-state index contributed by atoms with van der Waals surface area (Å²) < 4.78 is 25.8. The van der Waals surface area contributed by atoms with E-state index in [0.29, 0.717) is 6.54 Å². The van der Waals surface area contributed by atoms with E-state index in [1.54, 1.807) is 12.1 Å². The van der Waals surface area contributed by atoms with Gasteiger partial charge in [-0.1, -0.05) is 12.1 Å². The summed E-state index contributed by atoms with van der Waals surface area (Å²) in [5.74, 6) is -0.685. The van der Waals surface area contributed by atoms with Crippen molar-refractivity contribution in [2.45, 2.75) is 28.7 Å². The molecule has 1 atom stereocenters. The second kappa shape index (κ2) is 7.42. The number of nitrogens with one attached hydrogen (secondary N) is 2. The Balaban J connectivity index is 0.00000210. The first-order valence-corrected chi connectivity index (χ1v) is 10.0. The van der Waals surface area contributed by atoms with Crippen LogP contribution in [-0.4, -0.2) is 39.2 Å². The highest BCUT2D eigenvalue weighted by molar-refractivity contribution is 7.91. The van der Waals surface area contributed by atoms with Crippen LogP contribution in [0.5, 0.6) is 0 Å². The molecule has 2 N–H and O–H groups in total. The highest BCUT2D eigenvalue weighted by Crippen LogP contribution is 2.34. The Hall–Kier alpha value is -2.22. The number of benzene rings is 2. The van der Waals surface area contributed by atoms with E-state index in [1.807, 2.05) is 0 Å². The molecule has 0 aromatic heterocycles. The molecule has 1 fully saturated rings. The van der Waals surface area contributed by atoms with Crippen molar-refractivity contribution in [2.24, 2.45) is 0 Å².